The average molecular weight is 200 g/mol. The lowest BCUT2D eigenvalue weighted by molar-refractivity contribution is -0.694. The molecule has 2 heteroatoms. The number of pyridine rings is 1. The van der Waals surface area contributed by atoms with Gasteiger partial charge < -0.3 is 5.11 Å². The molecule has 76 valence electrons. The van der Waals surface area contributed by atoms with Gasteiger partial charge >= 0.3 is 0 Å². The van der Waals surface area contributed by atoms with Crippen LogP contribution in [-0.2, 0) is 6.54 Å². The second-order valence-electron chi connectivity index (χ2n) is 3.64. The molecule has 0 saturated carbocycles. The van der Waals surface area contributed by atoms with Crippen molar-refractivity contribution in [2.24, 2.45) is 0 Å². The number of hydrogen-bond donors (Lipinski definition) is 1. The fourth-order valence-electron chi connectivity index (χ4n) is 1.56. The van der Waals surface area contributed by atoms with Crippen molar-refractivity contribution in [1.82, 2.24) is 0 Å². The summed E-state index contributed by atoms with van der Waals surface area (Å²) in [4.78, 5) is 0. The minimum absolute atomic E-state index is 0.302. The van der Waals surface area contributed by atoms with E-state index in [1.165, 1.54) is 5.56 Å². The van der Waals surface area contributed by atoms with Gasteiger partial charge in [-0.2, -0.15) is 4.57 Å². The van der Waals surface area contributed by atoms with Crippen molar-refractivity contribution < 1.29 is 9.67 Å². The zero-order valence-corrected chi connectivity index (χ0v) is 8.72. The van der Waals surface area contributed by atoms with Crippen LogP contribution < -0.4 is 4.57 Å². The van der Waals surface area contributed by atoms with Crippen LogP contribution in [0.3, 0.4) is 0 Å². The van der Waals surface area contributed by atoms with E-state index in [2.05, 4.69) is 12.1 Å². The first-order valence-corrected chi connectivity index (χ1v) is 4.99. The van der Waals surface area contributed by atoms with Crippen LogP contribution in [-0.4, -0.2) is 5.11 Å². The van der Waals surface area contributed by atoms with Crippen LogP contribution in [0.2, 0.25) is 0 Å². The molecule has 1 N–H and O–H groups in total. The van der Waals surface area contributed by atoms with E-state index in [9.17, 15) is 5.11 Å². The minimum atomic E-state index is 0.302. The summed E-state index contributed by atoms with van der Waals surface area (Å²) in [6.45, 7) is 2.82. The molecule has 0 spiro atoms. The number of aromatic nitrogens is 1. The molecule has 1 aromatic carbocycles. The van der Waals surface area contributed by atoms with Crippen LogP contribution in [0, 0.1) is 6.92 Å². The fourth-order valence-corrected chi connectivity index (χ4v) is 1.56. The summed E-state index contributed by atoms with van der Waals surface area (Å²) in [6.07, 6.45) is 1.75. The lowest BCUT2D eigenvalue weighted by Crippen LogP contribution is -2.36. The molecule has 1 heterocycles. The molecule has 0 radical (unpaired) electrons. The van der Waals surface area contributed by atoms with Gasteiger partial charge in [0.2, 0.25) is 6.20 Å². The van der Waals surface area contributed by atoms with E-state index >= 15 is 0 Å². The number of aryl methyl sites for hydroxylation is 1. The number of nitrogens with zero attached hydrogens (tertiary/aromatic N) is 1. The highest BCUT2D eigenvalue weighted by Gasteiger charge is 2.07. The Morgan fingerprint density at radius 2 is 1.80 bits per heavy atom. The maximum Gasteiger partial charge on any atom is 0.211 e. The highest BCUT2D eigenvalue weighted by atomic mass is 16.3. The number of aromatic hydroxyl groups is 1. The first-order valence-electron chi connectivity index (χ1n) is 4.99. The molecule has 0 saturated heterocycles. The summed E-state index contributed by atoms with van der Waals surface area (Å²) < 4.78 is 2.03. The molecule has 0 aliphatic rings. The second kappa shape index (κ2) is 4.13. The van der Waals surface area contributed by atoms with Gasteiger partial charge in [0.05, 0.1) is 0 Å². The van der Waals surface area contributed by atoms with Gasteiger partial charge in [0.1, 0.15) is 0 Å². The number of rotatable bonds is 2. The summed E-state index contributed by atoms with van der Waals surface area (Å²) in [5.74, 6) is 0.302. The van der Waals surface area contributed by atoms with Crippen molar-refractivity contribution >= 4 is 0 Å². The zero-order chi connectivity index (χ0) is 10.7. The third kappa shape index (κ3) is 2.34. The maximum atomic E-state index is 9.39. The quantitative estimate of drug-likeness (QED) is 0.737. The smallest absolute Gasteiger partial charge is 0.211 e. The van der Waals surface area contributed by atoms with Crippen LogP contribution in [0.5, 0.6) is 5.75 Å². The summed E-state index contributed by atoms with van der Waals surface area (Å²) >= 11 is 0. The monoisotopic (exact) mass is 200 g/mol. The summed E-state index contributed by atoms with van der Waals surface area (Å²) in [7, 11) is 0. The Bertz CT molecular complexity index is 451. The van der Waals surface area contributed by atoms with Gasteiger partial charge in [-0.3, -0.25) is 0 Å². The molecule has 0 amide bonds. The maximum absolute atomic E-state index is 9.39. The molecule has 0 fully saturated rings. The predicted octanol–water partition coefficient (Wildman–Crippen LogP) is 2.04. The van der Waals surface area contributed by atoms with Crippen LogP contribution in [0.1, 0.15) is 11.3 Å². The molecule has 0 atom stereocenters. The van der Waals surface area contributed by atoms with Crippen molar-refractivity contribution in [2.45, 2.75) is 13.5 Å². The van der Waals surface area contributed by atoms with Gasteiger partial charge in [-0.25, -0.2) is 0 Å². The molecular formula is C13H14NO+. The molecule has 0 bridgehead atoms. The largest absolute Gasteiger partial charge is 0.503 e. The Kier molecular flexibility index (Phi) is 2.68. The highest BCUT2D eigenvalue weighted by Crippen LogP contribution is 2.05. The van der Waals surface area contributed by atoms with E-state index in [-0.39, 0.29) is 0 Å². The Morgan fingerprint density at radius 3 is 2.53 bits per heavy atom. The predicted molar refractivity (Wildman–Crippen MR) is 58.6 cm³/mol. The molecular weight excluding hydrogens is 186 g/mol. The topological polar surface area (TPSA) is 24.1 Å². The Labute approximate surface area is 89.4 Å². The first kappa shape index (κ1) is 9.71. The number of hydrogen-bond acceptors (Lipinski definition) is 1. The van der Waals surface area contributed by atoms with Gasteiger partial charge in [-0.15, -0.1) is 0 Å². The molecule has 1 aromatic heterocycles. The molecule has 2 aromatic rings. The lowest BCUT2D eigenvalue weighted by Gasteiger charge is -2.01. The van der Waals surface area contributed by atoms with Crippen molar-refractivity contribution in [2.75, 3.05) is 0 Å². The Morgan fingerprint density at radius 1 is 1.07 bits per heavy atom. The van der Waals surface area contributed by atoms with Crippen molar-refractivity contribution in [1.29, 1.82) is 0 Å². The van der Waals surface area contributed by atoms with Gasteiger partial charge in [-0.05, 0) is 6.07 Å². The van der Waals surface area contributed by atoms with E-state index in [1.807, 2.05) is 35.8 Å². The lowest BCUT2D eigenvalue weighted by atomic mass is 10.2. The van der Waals surface area contributed by atoms with Crippen molar-refractivity contribution in [3.05, 3.63) is 59.9 Å². The molecule has 0 aliphatic carbocycles. The standard InChI is InChI=1S/C13H13NO/c1-11-7-8-13(15)10-14(11)9-12-5-3-2-4-6-12/h2-8,10H,9H2,1H3/p+1. The molecule has 15 heavy (non-hydrogen) atoms. The molecule has 2 nitrogen and oxygen atoms in total. The van der Waals surface area contributed by atoms with Crippen molar-refractivity contribution in [3.63, 3.8) is 0 Å². The first-order chi connectivity index (χ1) is 7.25. The number of benzene rings is 1. The van der Waals surface area contributed by atoms with Crippen LogP contribution in [0.15, 0.2) is 48.7 Å². The van der Waals surface area contributed by atoms with Gasteiger partial charge in [0, 0.05) is 18.6 Å². The van der Waals surface area contributed by atoms with E-state index in [0.717, 1.165) is 12.2 Å². The summed E-state index contributed by atoms with van der Waals surface area (Å²) in [5.41, 5.74) is 2.37. The second-order valence-corrected chi connectivity index (χ2v) is 3.64. The normalized spacial score (nSPS) is 10.2. The molecule has 0 aliphatic heterocycles. The molecule has 0 unspecified atom stereocenters. The Hall–Kier alpha value is -1.83. The molecule has 2 rings (SSSR count). The fraction of sp³-hybridized carbons (Fsp3) is 0.154. The SMILES string of the molecule is Cc1ccc(O)c[n+]1Cc1ccccc1. The van der Waals surface area contributed by atoms with Crippen molar-refractivity contribution in [3.8, 4) is 5.75 Å². The van der Waals surface area contributed by atoms with E-state index in [1.54, 1.807) is 12.3 Å². The van der Waals surface area contributed by atoms with Gasteiger partial charge in [0.25, 0.3) is 0 Å². The average Bonchev–Trinajstić information content (AvgIpc) is 2.25. The Balaban J connectivity index is 2.28. The third-order valence-corrected chi connectivity index (χ3v) is 2.43. The zero-order valence-electron chi connectivity index (χ0n) is 8.72. The van der Waals surface area contributed by atoms with E-state index < -0.39 is 0 Å². The summed E-state index contributed by atoms with van der Waals surface area (Å²) in [6, 6.07) is 13.8. The van der Waals surface area contributed by atoms with Crippen LogP contribution in [0.4, 0.5) is 0 Å². The van der Waals surface area contributed by atoms with Crippen LogP contribution in [0.25, 0.3) is 0 Å². The third-order valence-electron chi connectivity index (χ3n) is 2.43. The van der Waals surface area contributed by atoms with E-state index in [0.29, 0.717) is 5.75 Å². The van der Waals surface area contributed by atoms with Gasteiger partial charge in [-0.1, -0.05) is 30.3 Å². The van der Waals surface area contributed by atoms with E-state index in [4.69, 9.17) is 0 Å². The van der Waals surface area contributed by atoms with Gasteiger partial charge in [0.15, 0.2) is 18.0 Å². The highest BCUT2D eigenvalue weighted by molar-refractivity contribution is 5.15. The summed E-state index contributed by atoms with van der Waals surface area (Å²) in [5, 5.41) is 9.39. The van der Waals surface area contributed by atoms with Crippen LogP contribution >= 0.6 is 0 Å². The minimum Gasteiger partial charge on any atom is -0.503 e.